The Hall–Kier alpha value is -1.08. The molecule has 12 heavy (non-hydrogen) atoms. The van der Waals surface area contributed by atoms with Gasteiger partial charge in [0.25, 0.3) is 0 Å². The van der Waals surface area contributed by atoms with Crippen molar-refractivity contribution in [1.82, 2.24) is 4.90 Å². The monoisotopic (exact) mass is 159 g/mol. The summed E-state index contributed by atoms with van der Waals surface area (Å²) in [5.74, 6) is 0. The van der Waals surface area contributed by atoms with Crippen LogP contribution in [0, 0.1) is 0 Å². The topological polar surface area (TPSA) is 3.24 Å². The first kappa shape index (κ1) is 7.56. The van der Waals surface area contributed by atoms with E-state index in [-0.39, 0.29) is 0 Å². The van der Waals surface area contributed by atoms with E-state index in [1.165, 1.54) is 11.1 Å². The van der Waals surface area contributed by atoms with Crippen LogP contribution in [-0.4, -0.2) is 11.4 Å². The second-order valence-corrected chi connectivity index (χ2v) is 3.23. The molecule has 0 amide bonds. The normalized spacial score (nSPS) is 16.0. The van der Waals surface area contributed by atoms with Crippen molar-refractivity contribution >= 4 is 0 Å². The van der Waals surface area contributed by atoms with Gasteiger partial charge in [-0.05, 0) is 11.1 Å². The minimum absolute atomic E-state index is 0.995. The van der Waals surface area contributed by atoms with Crippen LogP contribution >= 0.6 is 0 Å². The zero-order chi connectivity index (χ0) is 8.39. The Labute approximate surface area is 73.3 Å². The maximum absolute atomic E-state index is 3.75. The van der Waals surface area contributed by atoms with E-state index in [4.69, 9.17) is 0 Å². The first-order valence-corrected chi connectivity index (χ1v) is 4.30. The molecule has 0 radical (unpaired) electrons. The highest BCUT2D eigenvalue weighted by Crippen LogP contribution is 2.21. The average molecular weight is 159 g/mol. The van der Waals surface area contributed by atoms with Gasteiger partial charge >= 0.3 is 0 Å². The lowest BCUT2D eigenvalue weighted by Gasteiger charge is -2.10. The maximum Gasteiger partial charge on any atom is 0.0243 e. The molecule has 2 rings (SSSR count). The summed E-state index contributed by atoms with van der Waals surface area (Å²) in [6, 6.07) is 8.63. The van der Waals surface area contributed by atoms with Crippen LogP contribution < -0.4 is 0 Å². The first-order chi connectivity index (χ1) is 5.90. The van der Waals surface area contributed by atoms with Gasteiger partial charge in [0.1, 0.15) is 0 Å². The van der Waals surface area contributed by atoms with Crippen LogP contribution in [0.1, 0.15) is 11.1 Å². The molecule has 1 aliphatic rings. The van der Waals surface area contributed by atoms with Gasteiger partial charge in [0.15, 0.2) is 0 Å². The molecule has 0 spiro atoms. The molecule has 1 aromatic rings. The molecule has 0 bridgehead atoms. The Morgan fingerprint density at radius 3 is 2.33 bits per heavy atom. The summed E-state index contributed by atoms with van der Waals surface area (Å²) < 4.78 is 0. The second kappa shape index (κ2) is 3.11. The smallest absolute Gasteiger partial charge is 0.0243 e. The van der Waals surface area contributed by atoms with E-state index in [1.807, 2.05) is 6.08 Å². The van der Waals surface area contributed by atoms with Crippen LogP contribution in [0.2, 0.25) is 0 Å². The van der Waals surface area contributed by atoms with Gasteiger partial charge in [-0.15, -0.1) is 6.58 Å². The largest absolute Gasteiger partial charge is 0.291 e. The number of fused-ring (bicyclic) bond motifs is 1. The van der Waals surface area contributed by atoms with E-state index in [1.54, 1.807) is 0 Å². The molecule has 0 saturated carbocycles. The number of hydrogen-bond acceptors (Lipinski definition) is 1. The fraction of sp³-hybridized carbons (Fsp3) is 0.273. The van der Waals surface area contributed by atoms with Crippen molar-refractivity contribution < 1.29 is 0 Å². The standard InChI is InChI=1S/C11H13N/c1-2-7-12-8-10-5-3-4-6-11(10)9-12/h2-6H,1,7-9H2. The minimum Gasteiger partial charge on any atom is -0.291 e. The zero-order valence-corrected chi connectivity index (χ0v) is 7.16. The van der Waals surface area contributed by atoms with Crippen LogP contribution in [0.15, 0.2) is 36.9 Å². The fourth-order valence-corrected chi connectivity index (χ4v) is 1.72. The third-order valence-corrected chi connectivity index (χ3v) is 2.29. The van der Waals surface area contributed by atoms with Gasteiger partial charge in [-0.25, -0.2) is 0 Å². The highest BCUT2D eigenvalue weighted by molar-refractivity contribution is 5.30. The first-order valence-electron chi connectivity index (χ1n) is 4.30. The number of benzene rings is 1. The molecule has 0 aliphatic carbocycles. The van der Waals surface area contributed by atoms with Gasteiger partial charge in [-0.1, -0.05) is 30.3 Å². The highest BCUT2D eigenvalue weighted by atomic mass is 15.1. The molecule has 0 unspecified atom stereocenters. The molecular formula is C11H13N. The second-order valence-electron chi connectivity index (χ2n) is 3.23. The Morgan fingerprint density at radius 1 is 1.25 bits per heavy atom. The SMILES string of the molecule is C=CCN1Cc2ccccc2C1. The molecule has 1 heterocycles. The molecule has 1 aromatic carbocycles. The van der Waals surface area contributed by atoms with E-state index in [0.717, 1.165) is 19.6 Å². The van der Waals surface area contributed by atoms with Crippen molar-refractivity contribution in [2.75, 3.05) is 6.54 Å². The van der Waals surface area contributed by atoms with Crippen molar-refractivity contribution in [3.63, 3.8) is 0 Å². The summed E-state index contributed by atoms with van der Waals surface area (Å²) in [6.45, 7) is 6.91. The third-order valence-electron chi connectivity index (χ3n) is 2.29. The van der Waals surface area contributed by atoms with Crippen molar-refractivity contribution in [2.24, 2.45) is 0 Å². The summed E-state index contributed by atoms with van der Waals surface area (Å²) in [6.07, 6.45) is 1.96. The summed E-state index contributed by atoms with van der Waals surface area (Å²) >= 11 is 0. The van der Waals surface area contributed by atoms with Gasteiger partial charge < -0.3 is 0 Å². The van der Waals surface area contributed by atoms with E-state index >= 15 is 0 Å². The molecule has 62 valence electrons. The molecule has 1 heteroatoms. The maximum atomic E-state index is 3.75. The molecule has 0 N–H and O–H groups in total. The lowest BCUT2D eigenvalue weighted by Crippen LogP contribution is -2.15. The van der Waals surface area contributed by atoms with Crippen molar-refractivity contribution in [1.29, 1.82) is 0 Å². The van der Waals surface area contributed by atoms with Crippen LogP contribution in [-0.2, 0) is 13.1 Å². The Balaban J connectivity index is 2.16. The molecule has 0 aromatic heterocycles. The molecular weight excluding hydrogens is 146 g/mol. The van der Waals surface area contributed by atoms with Crippen LogP contribution in [0.5, 0.6) is 0 Å². The lowest BCUT2D eigenvalue weighted by atomic mass is 10.1. The van der Waals surface area contributed by atoms with E-state index in [9.17, 15) is 0 Å². The third kappa shape index (κ3) is 1.28. The van der Waals surface area contributed by atoms with Crippen molar-refractivity contribution in [2.45, 2.75) is 13.1 Å². The van der Waals surface area contributed by atoms with Crippen LogP contribution in [0.4, 0.5) is 0 Å². The Bertz CT molecular complexity index is 266. The number of nitrogens with zero attached hydrogens (tertiary/aromatic N) is 1. The quantitative estimate of drug-likeness (QED) is 0.598. The van der Waals surface area contributed by atoms with Crippen LogP contribution in [0.25, 0.3) is 0 Å². The molecule has 1 nitrogen and oxygen atoms in total. The minimum atomic E-state index is 0.995. The van der Waals surface area contributed by atoms with E-state index in [0.29, 0.717) is 0 Å². The Kier molecular flexibility index (Phi) is 1.96. The predicted octanol–water partition coefficient (Wildman–Crippen LogP) is 2.19. The van der Waals surface area contributed by atoms with Crippen molar-refractivity contribution in [3.8, 4) is 0 Å². The van der Waals surface area contributed by atoms with Gasteiger partial charge in [-0.3, -0.25) is 4.90 Å². The Morgan fingerprint density at radius 2 is 1.83 bits per heavy atom. The molecule has 0 atom stereocenters. The van der Waals surface area contributed by atoms with Gasteiger partial charge in [0.05, 0.1) is 0 Å². The molecule has 0 saturated heterocycles. The predicted molar refractivity (Wildman–Crippen MR) is 50.8 cm³/mol. The highest BCUT2D eigenvalue weighted by Gasteiger charge is 2.15. The zero-order valence-electron chi connectivity index (χ0n) is 7.16. The van der Waals surface area contributed by atoms with Crippen molar-refractivity contribution in [3.05, 3.63) is 48.0 Å². The molecule has 0 fully saturated rings. The van der Waals surface area contributed by atoms with Crippen LogP contribution in [0.3, 0.4) is 0 Å². The number of hydrogen-bond donors (Lipinski definition) is 0. The summed E-state index contributed by atoms with van der Waals surface area (Å²) in [5.41, 5.74) is 2.94. The fourth-order valence-electron chi connectivity index (χ4n) is 1.72. The van der Waals surface area contributed by atoms with E-state index < -0.39 is 0 Å². The van der Waals surface area contributed by atoms with Gasteiger partial charge in [0, 0.05) is 19.6 Å². The summed E-state index contributed by atoms with van der Waals surface area (Å²) in [7, 11) is 0. The average Bonchev–Trinajstić information content (AvgIpc) is 2.47. The molecule has 1 aliphatic heterocycles. The summed E-state index contributed by atoms with van der Waals surface area (Å²) in [5, 5.41) is 0. The van der Waals surface area contributed by atoms with E-state index in [2.05, 4.69) is 35.7 Å². The lowest BCUT2D eigenvalue weighted by molar-refractivity contribution is 0.317. The summed E-state index contributed by atoms with van der Waals surface area (Å²) in [4.78, 5) is 2.39. The number of rotatable bonds is 2. The van der Waals surface area contributed by atoms with Gasteiger partial charge in [-0.2, -0.15) is 0 Å². The van der Waals surface area contributed by atoms with Gasteiger partial charge in [0.2, 0.25) is 0 Å².